The van der Waals surface area contributed by atoms with E-state index in [2.05, 4.69) is 32.9 Å². The number of unbranched alkanes of at least 4 members (excludes halogenated alkanes) is 38. The van der Waals surface area contributed by atoms with Gasteiger partial charge in [-0.3, -0.25) is 14.4 Å². The lowest BCUT2D eigenvalue weighted by molar-refractivity contribution is -0.167. The standard InChI is InChI=1S/C56H106O6/c1-4-7-10-13-16-19-22-25-28-31-33-36-39-42-45-48-54(57)60-51-53(62-56(59)50-47-44-41-38-35-30-27-24-21-18-15-12-9-6-3)52-61-55(58)49-46-43-40-37-34-32-29-26-23-20-17-14-11-8-5-2/h24,27,53H,4-23,25-26,28-52H2,1-3H3. The normalized spacial score (nSPS) is 11.5. The highest BCUT2D eigenvalue weighted by atomic mass is 16.6. The average Bonchev–Trinajstić information content (AvgIpc) is 3.27. The molecule has 0 aromatic rings. The first-order valence-electron chi connectivity index (χ1n) is 27.7. The Morgan fingerprint density at radius 2 is 0.532 bits per heavy atom. The smallest absolute Gasteiger partial charge is 0.306 e. The van der Waals surface area contributed by atoms with Gasteiger partial charge in [-0.25, -0.2) is 0 Å². The quantitative estimate of drug-likeness (QED) is 0.0262. The van der Waals surface area contributed by atoms with Crippen LogP contribution in [0, 0.1) is 0 Å². The van der Waals surface area contributed by atoms with Gasteiger partial charge in [0.2, 0.25) is 0 Å². The Morgan fingerprint density at radius 1 is 0.306 bits per heavy atom. The lowest BCUT2D eigenvalue weighted by Gasteiger charge is -2.18. The van der Waals surface area contributed by atoms with Gasteiger partial charge in [0.1, 0.15) is 13.2 Å². The molecule has 6 heteroatoms. The third-order valence-corrected chi connectivity index (χ3v) is 12.5. The van der Waals surface area contributed by atoms with Crippen LogP contribution in [0.4, 0.5) is 0 Å². The summed E-state index contributed by atoms with van der Waals surface area (Å²) in [5.74, 6) is -0.854. The Labute approximate surface area is 386 Å². The Balaban J connectivity index is 4.32. The van der Waals surface area contributed by atoms with Gasteiger partial charge in [0.25, 0.3) is 0 Å². The first-order valence-corrected chi connectivity index (χ1v) is 27.7. The molecule has 366 valence electrons. The number of hydrogen-bond donors (Lipinski definition) is 0. The van der Waals surface area contributed by atoms with E-state index < -0.39 is 6.10 Å². The van der Waals surface area contributed by atoms with Crippen molar-refractivity contribution in [1.29, 1.82) is 0 Å². The molecule has 62 heavy (non-hydrogen) atoms. The molecular weight excluding hydrogens is 769 g/mol. The van der Waals surface area contributed by atoms with E-state index in [0.29, 0.717) is 19.3 Å². The zero-order valence-electron chi connectivity index (χ0n) is 41.9. The third kappa shape index (κ3) is 49.2. The molecule has 0 aliphatic rings. The van der Waals surface area contributed by atoms with Gasteiger partial charge in [0.15, 0.2) is 6.10 Å². The zero-order chi connectivity index (χ0) is 45.1. The molecule has 0 aromatic carbocycles. The molecule has 0 saturated carbocycles. The number of allylic oxidation sites excluding steroid dienone is 2. The van der Waals surface area contributed by atoms with Crippen LogP contribution in [0.25, 0.3) is 0 Å². The van der Waals surface area contributed by atoms with E-state index >= 15 is 0 Å². The molecule has 0 fully saturated rings. The van der Waals surface area contributed by atoms with Gasteiger partial charge < -0.3 is 14.2 Å². The highest BCUT2D eigenvalue weighted by molar-refractivity contribution is 5.71. The first-order chi connectivity index (χ1) is 30.5. The number of ether oxygens (including phenoxy) is 3. The molecular formula is C56H106O6. The van der Waals surface area contributed by atoms with Crippen LogP contribution in [-0.4, -0.2) is 37.2 Å². The molecule has 0 saturated heterocycles. The van der Waals surface area contributed by atoms with Crippen LogP contribution in [0.3, 0.4) is 0 Å². The van der Waals surface area contributed by atoms with Crippen molar-refractivity contribution < 1.29 is 28.6 Å². The van der Waals surface area contributed by atoms with Crippen LogP contribution in [0.5, 0.6) is 0 Å². The predicted octanol–water partition coefficient (Wildman–Crippen LogP) is 18.2. The lowest BCUT2D eigenvalue weighted by atomic mass is 10.0. The fourth-order valence-corrected chi connectivity index (χ4v) is 8.32. The van der Waals surface area contributed by atoms with E-state index in [1.807, 2.05) is 0 Å². The van der Waals surface area contributed by atoms with Crippen molar-refractivity contribution in [1.82, 2.24) is 0 Å². The van der Waals surface area contributed by atoms with Crippen LogP contribution in [-0.2, 0) is 28.6 Å². The number of esters is 3. The van der Waals surface area contributed by atoms with Crippen molar-refractivity contribution in [2.45, 2.75) is 316 Å². The summed E-state index contributed by atoms with van der Waals surface area (Å²) in [7, 11) is 0. The second kappa shape index (κ2) is 51.8. The number of rotatable bonds is 51. The second-order valence-corrected chi connectivity index (χ2v) is 18.9. The van der Waals surface area contributed by atoms with E-state index in [9.17, 15) is 14.4 Å². The monoisotopic (exact) mass is 875 g/mol. The Bertz CT molecular complexity index is 912. The van der Waals surface area contributed by atoms with Crippen LogP contribution >= 0.6 is 0 Å². The fraction of sp³-hybridized carbons (Fsp3) is 0.911. The predicted molar refractivity (Wildman–Crippen MR) is 266 cm³/mol. The number of carbonyl (C=O) groups excluding carboxylic acids is 3. The second-order valence-electron chi connectivity index (χ2n) is 18.9. The molecule has 0 N–H and O–H groups in total. The van der Waals surface area contributed by atoms with E-state index in [0.717, 1.165) is 64.2 Å². The van der Waals surface area contributed by atoms with Crippen molar-refractivity contribution in [2.75, 3.05) is 13.2 Å². The molecule has 0 radical (unpaired) electrons. The van der Waals surface area contributed by atoms with Crippen molar-refractivity contribution in [2.24, 2.45) is 0 Å². The summed E-state index contributed by atoms with van der Waals surface area (Å²) >= 11 is 0. The molecule has 0 atom stereocenters. The zero-order valence-corrected chi connectivity index (χ0v) is 41.9. The molecule has 0 bridgehead atoms. The maximum absolute atomic E-state index is 12.8. The molecule has 6 nitrogen and oxygen atoms in total. The maximum atomic E-state index is 12.8. The summed E-state index contributed by atoms with van der Waals surface area (Å²) in [6.45, 7) is 6.67. The van der Waals surface area contributed by atoms with Gasteiger partial charge in [-0.05, 0) is 44.9 Å². The van der Waals surface area contributed by atoms with Gasteiger partial charge in [0.05, 0.1) is 0 Å². The van der Waals surface area contributed by atoms with Crippen LogP contribution in [0.2, 0.25) is 0 Å². The third-order valence-electron chi connectivity index (χ3n) is 12.5. The summed E-state index contributed by atoms with van der Waals surface area (Å²) < 4.78 is 16.8. The minimum atomic E-state index is -0.768. The molecule has 0 spiro atoms. The Hall–Kier alpha value is -1.85. The first kappa shape index (κ1) is 60.2. The average molecular weight is 875 g/mol. The van der Waals surface area contributed by atoms with E-state index in [1.54, 1.807) is 0 Å². The fourth-order valence-electron chi connectivity index (χ4n) is 8.32. The molecule has 0 aromatic heterocycles. The van der Waals surface area contributed by atoms with Gasteiger partial charge in [-0.1, -0.05) is 258 Å². The molecule has 0 aliphatic heterocycles. The number of hydrogen-bond acceptors (Lipinski definition) is 6. The van der Waals surface area contributed by atoms with Crippen molar-refractivity contribution in [3.05, 3.63) is 12.2 Å². The molecule has 0 unspecified atom stereocenters. The molecule has 0 heterocycles. The summed E-state index contributed by atoms with van der Waals surface area (Å²) in [5, 5.41) is 0. The Kier molecular flexibility index (Phi) is 50.2. The van der Waals surface area contributed by atoms with E-state index in [1.165, 1.54) is 205 Å². The summed E-state index contributed by atoms with van der Waals surface area (Å²) in [6.07, 6.45) is 57.6. The van der Waals surface area contributed by atoms with E-state index in [-0.39, 0.29) is 31.1 Å². The van der Waals surface area contributed by atoms with Gasteiger partial charge >= 0.3 is 17.9 Å². The van der Waals surface area contributed by atoms with Crippen LogP contribution in [0.15, 0.2) is 12.2 Å². The van der Waals surface area contributed by atoms with Crippen LogP contribution < -0.4 is 0 Å². The minimum absolute atomic E-state index is 0.0676. The van der Waals surface area contributed by atoms with Gasteiger partial charge in [-0.15, -0.1) is 0 Å². The van der Waals surface area contributed by atoms with Crippen molar-refractivity contribution in [3.8, 4) is 0 Å². The highest BCUT2D eigenvalue weighted by Crippen LogP contribution is 2.17. The maximum Gasteiger partial charge on any atom is 0.306 e. The van der Waals surface area contributed by atoms with Gasteiger partial charge in [0, 0.05) is 19.3 Å². The SMILES string of the molecule is CCCCCCCC=CCCCCCCCC(=O)OC(COC(=O)CCCCCCCCCCCCCCCCC)COC(=O)CCCCCCCCCCCCCCCCC. The van der Waals surface area contributed by atoms with Crippen LogP contribution in [0.1, 0.15) is 310 Å². The summed E-state index contributed by atoms with van der Waals surface area (Å²) in [4.78, 5) is 38.0. The number of carbonyl (C=O) groups is 3. The molecule has 0 rings (SSSR count). The summed E-state index contributed by atoms with van der Waals surface area (Å²) in [6, 6.07) is 0. The summed E-state index contributed by atoms with van der Waals surface area (Å²) in [5.41, 5.74) is 0. The van der Waals surface area contributed by atoms with Crippen molar-refractivity contribution in [3.63, 3.8) is 0 Å². The molecule has 0 aliphatic carbocycles. The molecule has 0 amide bonds. The lowest BCUT2D eigenvalue weighted by Crippen LogP contribution is -2.30. The van der Waals surface area contributed by atoms with Gasteiger partial charge in [-0.2, -0.15) is 0 Å². The largest absolute Gasteiger partial charge is 0.462 e. The van der Waals surface area contributed by atoms with E-state index in [4.69, 9.17) is 14.2 Å². The topological polar surface area (TPSA) is 78.9 Å². The Morgan fingerprint density at radius 3 is 0.806 bits per heavy atom. The highest BCUT2D eigenvalue weighted by Gasteiger charge is 2.19. The minimum Gasteiger partial charge on any atom is -0.462 e. The van der Waals surface area contributed by atoms with Crippen molar-refractivity contribution >= 4 is 17.9 Å².